The molecule has 1 nitrogen and oxygen atoms in total. The molecule has 0 heterocycles. The molecular weight excluding hydrogens is 237 g/mol. The Hall–Kier alpha value is 0.320. The summed E-state index contributed by atoms with van der Waals surface area (Å²) in [5.74, 6) is -3.27. The van der Waals surface area contributed by atoms with Crippen LogP contribution in [0.5, 0.6) is 0 Å². The molecule has 0 amide bonds. The zero-order valence-electron chi connectivity index (χ0n) is 5.95. The van der Waals surface area contributed by atoms with E-state index in [0.29, 0.717) is 5.56 Å². The second kappa shape index (κ2) is 4.02. The molecule has 0 bridgehead atoms. The molecule has 1 rings (SSSR count). The van der Waals surface area contributed by atoms with Crippen molar-refractivity contribution in [1.29, 1.82) is 0 Å². The highest BCUT2D eigenvalue weighted by molar-refractivity contribution is 8.09. The van der Waals surface area contributed by atoms with Gasteiger partial charge in [0, 0.05) is 0 Å². The molecule has 0 N–H and O–H groups in total. The molecule has 66 valence electrons. The van der Waals surface area contributed by atoms with Crippen LogP contribution in [0.15, 0.2) is 30.3 Å². The van der Waals surface area contributed by atoms with E-state index in [1.807, 2.05) is 6.07 Å². The maximum atomic E-state index is 11.1. The van der Waals surface area contributed by atoms with Gasteiger partial charge in [-0.15, -0.1) is 11.6 Å². The highest BCUT2D eigenvalue weighted by atomic mass is 35.9. The van der Waals surface area contributed by atoms with Gasteiger partial charge in [-0.3, -0.25) is 4.57 Å². The molecule has 0 aromatic heterocycles. The van der Waals surface area contributed by atoms with E-state index in [9.17, 15) is 4.57 Å². The first-order valence-corrected chi connectivity index (χ1v) is 7.22. The predicted octanol–water partition coefficient (Wildman–Crippen LogP) is 4.59. The zero-order valence-corrected chi connectivity index (χ0v) is 9.12. The summed E-state index contributed by atoms with van der Waals surface area (Å²) in [6.45, 7) is 0. The Morgan fingerprint density at radius 2 is 1.67 bits per heavy atom. The van der Waals surface area contributed by atoms with Gasteiger partial charge >= 0.3 is 0 Å². The minimum Gasteiger partial charge on any atom is -0.287 e. The second-order valence-corrected chi connectivity index (χ2v) is 8.04. The zero-order chi connectivity index (χ0) is 9.19. The largest absolute Gasteiger partial charge is 0.287 e. The van der Waals surface area contributed by atoms with Crippen LogP contribution < -0.4 is 0 Å². The third kappa shape index (κ3) is 2.67. The van der Waals surface area contributed by atoms with Crippen molar-refractivity contribution in [3.8, 4) is 0 Å². The van der Waals surface area contributed by atoms with Crippen molar-refractivity contribution < 1.29 is 4.57 Å². The molecule has 1 aromatic carbocycles. The van der Waals surface area contributed by atoms with Gasteiger partial charge in [0.25, 0.3) is 5.85 Å². The van der Waals surface area contributed by atoms with Crippen LogP contribution in [0.3, 0.4) is 0 Å². The fraction of sp³-hybridized carbons (Fsp3) is 0.143. The van der Waals surface area contributed by atoms with E-state index in [0.717, 1.165) is 0 Å². The van der Waals surface area contributed by atoms with E-state index in [1.165, 1.54) is 0 Å². The summed E-state index contributed by atoms with van der Waals surface area (Å²) in [5, 5.41) is -0.818. The van der Waals surface area contributed by atoms with Crippen molar-refractivity contribution in [1.82, 2.24) is 0 Å². The van der Waals surface area contributed by atoms with Crippen LogP contribution in [0.25, 0.3) is 0 Å². The van der Waals surface area contributed by atoms with Gasteiger partial charge in [-0.25, -0.2) is 0 Å². The van der Waals surface area contributed by atoms with Crippen LogP contribution in [0, 0.1) is 0 Å². The maximum Gasteiger partial charge on any atom is 0.274 e. The predicted molar refractivity (Wildman–Crippen MR) is 54.3 cm³/mol. The maximum absolute atomic E-state index is 11.1. The fourth-order valence-electron chi connectivity index (χ4n) is 0.785. The normalized spacial score (nSPS) is 14.2. The van der Waals surface area contributed by atoms with Crippen LogP contribution in [0.1, 0.15) is 10.7 Å². The quantitative estimate of drug-likeness (QED) is 0.548. The van der Waals surface area contributed by atoms with Gasteiger partial charge in [0.15, 0.2) is 0 Å². The topological polar surface area (TPSA) is 17.1 Å². The second-order valence-electron chi connectivity index (χ2n) is 2.25. The van der Waals surface area contributed by atoms with E-state index >= 15 is 0 Å². The lowest BCUT2D eigenvalue weighted by Crippen LogP contribution is -1.83. The van der Waals surface area contributed by atoms with Gasteiger partial charge in [0.1, 0.15) is 5.12 Å². The molecule has 12 heavy (non-hydrogen) atoms. The third-order valence-electron chi connectivity index (χ3n) is 1.34. The SMILES string of the molecule is O=P(Cl)(Cl)C(Cl)c1ccccc1. The van der Waals surface area contributed by atoms with Gasteiger partial charge in [-0.05, 0) is 28.0 Å². The number of hydrogen-bond donors (Lipinski definition) is 0. The smallest absolute Gasteiger partial charge is 0.274 e. The molecule has 0 radical (unpaired) electrons. The number of hydrogen-bond acceptors (Lipinski definition) is 1. The fourth-order valence-corrected chi connectivity index (χ4v) is 2.13. The van der Waals surface area contributed by atoms with Crippen LogP contribution >= 0.6 is 39.9 Å². The van der Waals surface area contributed by atoms with E-state index in [2.05, 4.69) is 0 Å². The summed E-state index contributed by atoms with van der Waals surface area (Å²) >= 11 is 16.6. The summed E-state index contributed by atoms with van der Waals surface area (Å²) in [4.78, 5) is 0. The van der Waals surface area contributed by atoms with Gasteiger partial charge in [0.05, 0.1) is 0 Å². The Morgan fingerprint density at radius 3 is 2.08 bits per heavy atom. The lowest BCUT2D eigenvalue weighted by atomic mass is 10.2. The Balaban J connectivity index is 2.94. The van der Waals surface area contributed by atoms with Crippen molar-refractivity contribution in [2.45, 2.75) is 5.12 Å². The average Bonchev–Trinajstić information content (AvgIpc) is 2.03. The van der Waals surface area contributed by atoms with Crippen molar-refractivity contribution in [3.63, 3.8) is 0 Å². The lowest BCUT2D eigenvalue weighted by molar-refractivity contribution is 0.591. The van der Waals surface area contributed by atoms with E-state index in [4.69, 9.17) is 34.1 Å². The van der Waals surface area contributed by atoms with E-state index in [-0.39, 0.29) is 0 Å². The van der Waals surface area contributed by atoms with E-state index < -0.39 is 11.0 Å². The summed E-state index contributed by atoms with van der Waals surface area (Å²) in [6, 6.07) is 8.87. The first kappa shape index (κ1) is 10.4. The summed E-state index contributed by atoms with van der Waals surface area (Å²) in [5.41, 5.74) is 0.674. The molecule has 0 aliphatic carbocycles. The van der Waals surface area contributed by atoms with Gasteiger partial charge < -0.3 is 0 Å². The molecule has 0 fully saturated rings. The number of benzene rings is 1. The van der Waals surface area contributed by atoms with Crippen molar-refractivity contribution in [2.75, 3.05) is 0 Å². The van der Waals surface area contributed by atoms with Crippen LogP contribution in [0.4, 0.5) is 0 Å². The average molecular weight is 243 g/mol. The highest BCUT2D eigenvalue weighted by Gasteiger charge is 2.27. The van der Waals surface area contributed by atoms with Gasteiger partial charge in [-0.2, -0.15) is 0 Å². The van der Waals surface area contributed by atoms with Crippen molar-refractivity contribution in [3.05, 3.63) is 35.9 Å². The molecule has 0 saturated heterocycles. The molecule has 1 aromatic rings. The summed E-state index contributed by atoms with van der Waals surface area (Å²) in [6.07, 6.45) is 0. The van der Waals surface area contributed by atoms with Crippen LogP contribution in [0.2, 0.25) is 0 Å². The monoisotopic (exact) mass is 242 g/mol. The van der Waals surface area contributed by atoms with Crippen molar-refractivity contribution >= 4 is 39.9 Å². The minimum atomic E-state index is -3.27. The highest BCUT2D eigenvalue weighted by Crippen LogP contribution is 2.69. The standard InChI is InChI=1S/C7H6Cl3OP/c8-7(12(9,10)11)6-4-2-1-3-5-6/h1-5,7H. The van der Waals surface area contributed by atoms with Crippen LogP contribution in [-0.4, -0.2) is 0 Å². The lowest BCUT2D eigenvalue weighted by Gasteiger charge is -2.09. The molecule has 0 aliphatic rings. The van der Waals surface area contributed by atoms with Crippen molar-refractivity contribution in [2.24, 2.45) is 0 Å². The molecule has 1 unspecified atom stereocenters. The molecular formula is C7H6Cl3OP. The first-order chi connectivity index (χ1) is 5.52. The minimum absolute atomic E-state index is 0.674. The first-order valence-electron chi connectivity index (χ1n) is 3.20. The summed E-state index contributed by atoms with van der Waals surface area (Å²) in [7, 11) is 0. The molecule has 0 saturated carbocycles. The molecule has 1 atom stereocenters. The number of rotatable bonds is 2. The van der Waals surface area contributed by atoms with Gasteiger partial charge in [-0.1, -0.05) is 30.3 Å². The van der Waals surface area contributed by atoms with E-state index in [1.54, 1.807) is 24.3 Å². The van der Waals surface area contributed by atoms with Gasteiger partial charge in [0.2, 0.25) is 0 Å². The molecule has 5 heteroatoms. The Bertz CT molecular complexity index is 295. The third-order valence-corrected chi connectivity index (χ3v) is 5.01. The number of halogens is 3. The van der Waals surface area contributed by atoms with Crippen LogP contribution in [-0.2, 0) is 4.57 Å². The Morgan fingerprint density at radius 1 is 1.17 bits per heavy atom. The molecule has 0 aliphatic heterocycles. The Kier molecular flexibility index (Phi) is 3.48. The summed E-state index contributed by atoms with van der Waals surface area (Å²) < 4.78 is 11.1. The number of alkyl halides is 1. The Labute approximate surface area is 85.6 Å². The molecule has 0 spiro atoms.